The van der Waals surface area contributed by atoms with E-state index in [9.17, 15) is 9.59 Å². The van der Waals surface area contributed by atoms with Crippen molar-refractivity contribution in [3.8, 4) is 5.75 Å². The van der Waals surface area contributed by atoms with Crippen LogP contribution in [0.2, 0.25) is 0 Å². The average Bonchev–Trinajstić information content (AvgIpc) is 2.58. The molecule has 1 aromatic rings. The molecule has 1 saturated heterocycles. The maximum Gasteiger partial charge on any atom is 0.317 e. The maximum absolute atomic E-state index is 12.9. The number of nitrogens with zero attached hydrogens (tertiary/aromatic N) is 2. The summed E-state index contributed by atoms with van der Waals surface area (Å²) < 4.78 is 11.6. The molecule has 26 heavy (non-hydrogen) atoms. The van der Waals surface area contributed by atoms with Crippen LogP contribution < -0.4 is 4.74 Å². The van der Waals surface area contributed by atoms with E-state index in [4.69, 9.17) is 14.6 Å². The highest BCUT2D eigenvalue weighted by molar-refractivity contribution is 5.81. The molecular formula is C19H28N2O5. The van der Waals surface area contributed by atoms with E-state index >= 15 is 0 Å². The van der Waals surface area contributed by atoms with Gasteiger partial charge in [-0.3, -0.25) is 14.5 Å². The summed E-state index contributed by atoms with van der Waals surface area (Å²) in [5, 5.41) is 8.85. The summed E-state index contributed by atoms with van der Waals surface area (Å²) >= 11 is 0. The Hall–Kier alpha value is -2.12. The summed E-state index contributed by atoms with van der Waals surface area (Å²) in [6.45, 7) is 5.72. The van der Waals surface area contributed by atoms with Crippen molar-refractivity contribution < 1.29 is 24.2 Å². The van der Waals surface area contributed by atoms with Crippen molar-refractivity contribution >= 4 is 11.9 Å². The van der Waals surface area contributed by atoms with Crippen LogP contribution in [0.1, 0.15) is 18.9 Å². The number of hydrogen-bond acceptors (Lipinski definition) is 5. The first kappa shape index (κ1) is 20.2. The van der Waals surface area contributed by atoms with Gasteiger partial charge >= 0.3 is 5.97 Å². The second-order valence-electron chi connectivity index (χ2n) is 6.70. The summed E-state index contributed by atoms with van der Waals surface area (Å²) in [6.07, 6.45) is -0.158. The fourth-order valence-electron chi connectivity index (χ4n) is 3.04. The molecule has 1 heterocycles. The summed E-state index contributed by atoms with van der Waals surface area (Å²) in [4.78, 5) is 27.1. The lowest BCUT2D eigenvalue weighted by molar-refractivity contribution is -0.148. The standard InChI is InChI=1S/C19H28N2O5/c1-4-17(26-15-7-5-6-14(2)10-15)19(24)21-8-9-25-16(12-21)11-20(3)13-18(22)23/h5-7,10,16-17H,4,8-9,11-13H2,1-3H3,(H,22,23). The number of morpholine rings is 1. The van der Waals surface area contributed by atoms with Gasteiger partial charge in [0.05, 0.1) is 19.3 Å². The molecule has 1 N–H and O–H groups in total. The monoisotopic (exact) mass is 364 g/mol. The Balaban J connectivity index is 1.94. The number of carboxylic acid groups (broad SMARTS) is 1. The Bertz CT molecular complexity index is 622. The molecule has 0 saturated carbocycles. The molecule has 1 fully saturated rings. The third-order valence-corrected chi connectivity index (χ3v) is 4.29. The van der Waals surface area contributed by atoms with E-state index in [1.165, 1.54) is 0 Å². The maximum atomic E-state index is 12.9. The first-order valence-corrected chi connectivity index (χ1v) is 8.93. The largest absolute Gasteiger partial charge is 0.481 e. The summed E-state index contributed by atoms with van der Waals surface area (Å²) in [7, 11) is 1.73. The lowest BCUT2D eigenvalue weighted by atomic mass is 10.2. The summed E-state index contributed by atoms with van der Waals surface area (Å²) in [5.74, 6) is -0.242. The summed E-state index contributed by atoms with van der Waals surface area (Å²) in [5.41, 5.74) is 1.08. The van der Waals surface area contributed by atoms with Gasteiger partial charge in [-0.1, -0.05) is 19.1 Å². The fourth-order valence-corrected chi connectivity index (χ4v) is 3.04. The first-order chi connectivity index (χ1) is 12.4. The zero-order chi connectivity index (χ0) is 19.1. The van der Waals surface area contributed by atoms with Crippen LogP contribution in [-0.2, 0) is 14.3 Å². The van der Waals surface area contributed by atoms with Crippen LogP contribution >= 0.6 is 0 Å². The Morgan fingerprint density at radius 1 is 1.46 bits per heavy atom. The van der Waals surface area contributed by atoms with Crippen LogP contribution in [-0.4, -0.2) is 78.8 Å². The zero-order valence-corrected chi connectivity index (χ0v) is 15.7. The second kappa shape index (κ2) is 9.54. The number of carboxylic acids is 1. The van der Waals surface area contributed by atoms with Gasteiger partial charge in [-0.25, -0.2) is 0 Å². The molecule has 2 unspecified atom stereocenters. The molecule has 1 aromatic carbocycles. The van der Waals surface area contributed by atoms with E-state index in [0.717, 1.165) is 5.56 Å². The Morgan fingerprint density at radius 2 is 2.23 bits per heavy atom. The Morgan fingerprint density at radius 3 is 2.88 bits per heavy atom. The molecule has 7 nitrogen and oxygen atoms in total. The number of carbonyl (C=O) groups is 2. The van der Waals surface area contributed by atoms with Crippen LogP contribution in [0, 0.1) is 6.92 Å². The van der Waals surface area contributed by atoms with Gasteiger partial charge in [0.15, 0.2) is 6.10 Å². The lowest BCUT2D eigenvalue weighted by Gasteiger charge is -2.36. The highest BCUT2D eigenvalue weighted by atomic mass is 16.5. The number of ether oxygens (including phenoxy) is 2. The third-order valence-electron chi connectivity index (χ3n) is 4.29. The molecule has 2 rings (SSSR count). The van der Waals surface area contributed by atoms with Crippen molar-refractivity contribution in [2.24, 2.45) is 0 Å². The first-order valence-electron chi connectivity index (χ1n) is 8.93. The second-order valence-corrected chi connectivity index (χ2v) is 6.70. The van der Waals surface area contributed by atoms with Gasteiger partial charge in [-0.15, -0.1) is 0 Å². The normalized spacial score (nSPS) is 18.6. The van der Waals surface area contributed by atoms with Gasteiger partial charge in [-0.2, -0.15) is 0 Å². The minimum atomic E-state index is -0.881. The van der Waals surface area contributed by atoms with Crippen LogP contribution in [0.3, 0.4) is 0 Å². The van der Waals surface area contributed by atoms with Crippen molar-refractivity contribution in [1.29, 1.82) is 0 Å². The van der Waals surface area contributed by atoms with Crippen LogP contribution in [0.5, 0.6) is 5.75 Å². The molecule has 1 aliphatic rings. The fraction of sp³-hybridized carbons (Fsp3) is 0.579. The molecule has 0 bridgehead atoms. The number of hydrogen-bond donors (Lipinski definition) is 1. The molecule has 0 aromatic heterocycles. The minimum Gasteiger partial charge on any atom is -0.481 e. The number of likely N-dealkylation sites (N-methyl/N-ethyl adjacent to an activating group) is 1. The highest BCUT2D eigenvalue weighted by Crippen LogP contribution is 2.18. The van der Waals surface area contributed by atoms with Gasteiger partial charge in [-0.05, 0) is 38.1 Å². The molecule has 144 valence electrons. The van der Waals surface area contributed by atoms with Gasteiger partial charge in [0.2, 0.25) is 0 Å². The van der Waals surface area contributed by atoms with Crippen molar-refractivity contribution in [3.63, 3.8) is 0 Å². The average molecular weight is 364 g/mol. The van der Waals surface area contributed by atoms with Crippen LogP contribution in [0.15, 0.2) is 24.3 Å². The van der Waals surface area contributed by atoms with E-state index in [-0.39, 0.29) is 18.6 Å². The smallest absolute Gasteiger partial charge is 0.317 e. The van der Waals surface area contributed by atoms with Crippen molar-refractivity contribution in [2.75, 3.05) is 39.8 Å². The van der Waals surface area contributed by atoms with Gasteiger partial charge in [0.25, 0.3) is 5.91 Å². The SMILES string of the molecule is CCC(Oc1cccc(C)c1)C(=O)N1CCOC(CN(C)CC(=O)O)C1. The van der Waals surface area contributed by atoms with E-state index < -0.39 is 12.1 Å². The third kappa shape index (κ3) is 6.00. The quantitative estimate of drug-likeness (QED) is 0.751. The molecule has 0 radical (unpaired) electrons. The molecule has 1 aliphatic heterocycles. The molecule has 7 heteroatoms. The zero-order valence-electron chi connectivity index (χ0n) is 15.7. The van der Waals surface area contributed by atoms with E-state index in [2.05, 4.69) is 0 Å². The van der Waals surface area contributed by atoms with E-state index in [0.29, 0.717) is 38.4 Å². The number of aryl methyl sites for hydroxylation is 1. The van der Waals surface area contributed by atoms with Crippen molar-refractivity contribution in [3.05, 3.63) is 29.8 Å². The number of amides is 1. The molecule has 2 atom stereocenters. The number of carbonyl (C=O) groups excluding carboxylic acids is 1. The summed E-state index contributed by atoms with van der Waals surface area (Å²) in [6, 6.07) is 7.66. The number of rotatable bonds is 8. The van der Waals surface area contributed by atoms with E-state index in [1.807, 2.05) is 38.1 Å². The molecule has 1 amide bonds. The van der Waals surface area contributed by atoms with E-state index in [1.54, 1.807) is 16.8 Å². The van der Waals surface area contributed by atoms with Crippen molar-refractivity contribution in [2.45, 2.75) is 32.5 Å². The minimum absolute atomic E-state index is 0.0526. The molecular weight excluding hydrogens is 336 g/mol. The number of benzene rings is 1. The topological polar surface area (TPSA) is 79.3 Å². The predicted molar refractivity (Wildman–Crippen MR) is 97.3 cm³/mol. The van der Waals surface area contributed by atoms with Crippen molar-refractivity contribution in [1.82, 2.24) is 9.80 Å². The number of aliphatic carboxylic acids is 1. The van der Waals surface area contributed by atoms with Crippen LogP contribution in [0.4, 0.5) is 0 Å². The highest BCUT2D eigenvalue weighted by Gasteiger charge is 2.30. The predicted octanol–water partition coefficient (Wildman–Crippen LogP) is 1.40. The molecule has 0 spiro atoms. The lowest BCUT2D eigenvalue weighted by Crippen LogP contribution is -2.52. The Kier molecular flexibility index (Phi) is 7.41. The molecule has 0 aliphatic carbocycles. The van der Waals surface area contributed by atoms with Gasteiger partial charge < -0.3 is 19.5 Å². The Labute approximate surface area is 154 Å². The van der Waals surface area contributed by atoms with Gasteiger partial charge in [0, 0.05) is 19.6 Å². The van der Waals surface area contributed by atoms with Gasteiger partial charge in [0.1, 0.15) is 5.75 Å². The van der Waals surface area contributed by atoms with Crippen LogP contribution in [0.25, 0.3) is 0 Å².